The number of hydrogen-bond acceptors (Lipinski definition) is 4. The number of rotatable bonds is 7. The third kappa shape index (κ3) is 7.27. The van der Waals surface area contributed by atoms with Crippen LogP contribution in [-0.4, -0.2) is 80.6 Å². The number of benzene rings is 1. The van der Waals surface area contributed by atoms with Crippen molar-refractivity contribution in [1.29, 1.82) is 0 Å². The number of ether oxygens (including phenoxy) is 1. The molecule has 1 aromatic rings. The van der Waals surface area contributed by atoms with Gasteiger partial charge in [0.05, 0.1) is 18.1 Å². The van der Waals surface area contributed by atoms with Gasteiger partial charge in [0.15, 0.2) is 5.96 Å². The first-order valence-electron chi connectivity index (χ1n) is 9.34. The van der Waals surface area contributed by atoms with Gasteiger partial charge >= 0.3 is 0 Å². The smallest absolute Gasteiger partial charge is 0.234 e. The Morgan fingerprint density at radius 3 is 2.59 bits per heavy atom. The van der Waals surface area contributed by atoms with Gasteiger partial charge in [-0.1, -0.05) is 23.7 Å². The maximum Gasteiger partial charge on any atom is 0.234 e. The minimum Gasteiger partial charge on any atom is -0.490 e. The molecule has 1 saturated heterocycles. The summed E-state index contributed by atoms with van der Waals surface area (Å²) in [6, 6.07) is 7.61. The van der Waals surface area contributed by atoms with Crippen LogP contribution in [0.5, 0.6) is 5.75 Å². The molecule has 2 rings (SSSR count). The molecule has 0 aromatic heterocycles. The Labute approximate surface area is 166 Å². The van der Waals surface area contributed by atoms with Crippen LogP contribution in [0.25, 0.3) is 0 Å². The largest absolute Gasteiger partial charge is 0.490 e. The molecule has 0 spiro atoms. The summed E-state index contributed by atoms with van der Waals surface area (Å²) in [6.45, 7) is 8.86. The summed E-state index contributed by atoms with van der Waals surface area (Å²) in [5.41, 5.74) is 0. The maximum absolute atomic E-state index is 11.9. The van der Waals surface area contributed by atoms with Crippen molar-refractivity contribution in [3.63, 3.8) is 0 Å². The van der Waals surface area contributed by atoms with E-state index < -0.39 is 0 Å². The molecule has 150 valence electrons. The second-order valence-corrected chi connectivity index (χ2v) is 7.15. The molecule has 0 radical (unpaired) electrons. The van der Waals surface area contributed by atoms with Crippen LogP contribution in [-0.2, 0) is 4.79 Å². The summed E-state index contributed by atoms with van der Waals surface area (Å²) in [6.07, 6.45) is 0. The Bertz CT molecular complexity index is 630. The van der Waals surface area contributed by atoms with Crippen molar-refractivity contribution in [1.82, 2.24) is 20.4 Å². The Kier molecular flexibility index (Phi) is 8.67. The average molecular weight is 396 g/mol. The first kappa shape index (κ1) is 21.3. The van der Waals surface area contributed by atoms with Gasteiger partial charge in [-0.2, -0.15) is 0 Å². The molecule has 8 heteroatoms. The van der Waals surface area contributed by atoms with E-state index in [4.69, 9.17) is 16.3 Å². The first-order chi connectivity index (χ1) is 13.0. The second kappa shape index (κ2) is 11.0. The van der Waals surface area contributed by atoms with Gasteiger partial charge in [0, 0.05) is 39.3 Å². The lowest BCUT2D eigenvalue weighted by Crippen LogP contribution is -2.54. The third-order valence-electron chi connectivity index (χ3n) is 4.18. The van der Waals surface area contributed by atoms with Gasteiger partial charge in [-0.15, -0.1) is 0 Å². The van der Waals surface area contributed by atoms with E-state index in [1.807, 2.05) is 38.1 Å². The fourth-order valence-electron chi connectivity index (χ4n) is 2.91. The fraction of sp³-hybridized carbons (Fsp3) is 0.579. The van der Waals surface area contributed by atoms with Crippen molar-refractivity contribution in [3.8, 4) is 5.75 Å². The summed E-state index contributed by atoms with van der Waals surface area (Å²) in [7, 11) is 1.78. The van der Waals surface area contributed by atoms with Crippen LogP contribution in [0.2, 0.25) is 5.02 Å². The summed E-state index contributed by atoms with van der Waals surface area (Å²) < 4.78 is 5.69. The van der Waals surface area contributed by atoms with E-state index in [0.717, 1.165) is 32.1 Å². The van der Waals surface area contributed by atoms with Gasteiger partial charge in [-0.05, 0) is 26.0 Å². The lowest BCUT2D eigenvalue weighted by molar-refractivity contribution is -0.123. The number of hydrogen-bond donors (Lipinski definition) is 2. The summed E-state index contributed by atoms with van der Waals surface area (Å²) in [5.74, 6) is 1.62. The highest BCUT2D eigenvalue weighted by Gasteiger charge is 2.21. The standard InChI is InChI=1S/C19H30ClN5O2/c1-15(2)23-18(26)14-24-9-11-25(12-10-24)19(21-3)22-8-13-27-17-7-5-4-6-16(17)20/h4-7,15H,8-14H2,1-3H3,(H,21,22)(H,23,26). The van der Waals surface area contributed by atoms with Crippen LogP contribution >= 0.6 is 11.6 Å². The molecule has 0 saturated carbocycles. The van der Waals surface area contributed by atoms with E-state index in [9.17, 15) is 4.79 Å². The van der Waals surface area contributed by atoms with Crippen LogP contribution < -0.4 is 15.4 Å². The number of para-hydroxylation sites is 1. The molecule has 1 aliphatic heterocycles. The number of piperazine rings is 1. The molecule has 1 fully saturated rings. The molecule has 1 aromatic carbocycles. The molecule has 0 bridgehead atoms. The van der Waals surface area contributed by atoms with E-state index in [2.05, 4.69) is 25.4 Å². The molecule has 1 amide bonds. The Balaban J connectivity index is 1.69. The topological polar surface area (TPSA) is 69.2 Å². The van der Waals surface area contributed by atoms with E-state index in [0.29, 0.717) is 30.5 Å². The predicted molar refractivity (Wildman–Crippen MR) is 110 cm³/mol. The molecule has 1 aliphatic rings. The number of amides is 1. The van der Waals surface area contributed by atoms with Crippen LogP contribution in [0.4, 0.5) is 0 Å². The van der Waals surface area contributed by atoms with Crippen LogP contribution in [0.1, 0.15) is 13.8 Å². The number of nitrogens with zero attached hydrogens (tertiary/aromatic N) is 3. The third-order valence-corrected chi connectivity index (χ3v) is 4.49. The number of halogens is 1. The van der Waals surface area contributed by atoms with Gasteiger partial charge in [-0.25, -0.2) is 0 Å². The zero-order valence-corrected chi connectivity index (χ0v) is 17.1. The molecule has 1 heterocycles. The molecule has 0 aliphatic carbocycles. The van der Waals surface area contributed by atoms with Crippen molar-refractivity contribution in [2.24, 2.45) is 4.99 Å². The highest BCUT2D eigenvalue weighted by Crippen LogP contribution is 2.22. The quantitative estimate of drug-likeness (QED) is 0.415. The predicted octanol–water partition coefficient (Wildman–Crippen LogP) is 1.44. The summed E-state index contributed by atoms with van der Waals surface area (Å²) >= 11 is 6.08. The van der Waals surface area contributed by atoms with Crippen LogP contribution in [0.15, 0.2) is 29.3 Å². The number of carbonyl (C=O) groups is 1. The Morgan fingerprint density at radius 2 is 1.96 bits per heavy atom. The molecule has 27 heavy (non-hydrogen) atoms. The molecule has 0 atom stereocenters. The molecule has 0 unspecified atom stereocenters. The van der Waals surface area contributed by atoms with Crippen LogP contribution in [0, 0.1) is 0 Å². The van der Waals surface area contributed by atoms with Gasteiger partial charge in [0.2, 0.25) is 5.91 Å². The van der Waals surface area contributed by atoms with Crippen molar-refractivity contribution in [3.05, 3.63) is 29.3 Å². The number of aliphatic imine (C=N–C) groups is 1. The molecule has 7 nitrogen and oxygen atoms in total. The zero-order valence-electron chi connectivity index (χ0n) is 16.4. The van der Waals surface area contributed by atoms with Gasteiger partial charge in [0.1, 0.15) is 12.4 Å². The van der Waals surface area contributed by atoms with Gasteiger partial charge < -0.3 is 20.3 Å². The second-order valence-electron chi connectivity index (χ2n) is 6.74. The first-order valence-corrected chi connectivity index (χ1v) is 9.72. The lowest BCUT2D eigenvalue weighted by atomic mass is 10.3. The summed E-state index contributed by atoms with van der Waals surface area (Å²) in [5, 5.41) is 6.86. The maximum atomic E-state index is 11.9. The monoisotopic (exact) mass is 395 g/mol. The SMILES string of the molecule is CN=C(NCCOc1ccccc1Cl)N1CCN(CC(=O)NC(C)C)CC1. The van der Waals surface area contributed by atoms with Crippen molar-refractivity contribution in [2.45, 2.75) is 19.9 Å². The normalized spacial score (nSPS) is 15.7. The zero-order chi connectivity index (χ0) is 19.6. The minimum absolute atomic E-state index is 0.0812. The van der Waals surface area contributed by atoms with Crippen molar-refractivity contribution < 1.29 is 9.53 Å². The number of carbonyl (C=O) groups excluding carboxylic acids is 1. The Morgan fingerprint density at radius 1 is 1.26 bits per heavy atom. The molecule has 2 N–H and O–H groups in total. The fourth-order valence-corrected chi connectivity index (χ4v) is 3.10. The van der Waals surface area contributed by atoms with E-state index in [1.54, 1.807) is 7.05 Å². The Hall–Kier alpha value is -1.99. The van der Waals surface area contributed by atoms with E-state index in [-0.39, 0.29) is 11.9 Å². The number of guanidine groups is 1. The van der Waals surface area contributed by atoms with Crippen molar-refractivity contribution >= 4 is 23.5 Å². The van der Waals surface area contributed by atoms with E-state index in [1.165, 1.54) is 0 Å². The van der Waals surface area contributed by atoms with Gasteiger partial charge in [0.25, 0.3) is 0 Å². The van der Waals surface area contributed by atoms with Gasteiger partial charge in [-0.3, -0.25) is 14.7 Å². The highest BCUT2D eigenvalue weighted by molar-refractivity contribution is 6.32. The molecular weight excluding hydrogens is 366 g/mol. The van der Waals surface area contributed by atoms with Crippen LogP contribution in [0.3, 0.4) is 0 Å². The minimum atomic E-state index is 0.0812. The van der Waals surface area contributed by atoms with Crippen molar-refractivity contribution in [2.75, 3.05) is 52.9 Å². The lowest BCUT2D eigenvalue weighted by Gasteiger charge is -2.36. The number of nitrogens with one attached hydrogen (secondary N) is 2. The average Bonchev–Trinajstić information content (AvgIpc) is 2.63. The van der Waals surface area contributed by atoms with E-state index >= 15 is 0 Å². The summed E-state index contributed by atoms with van der Waals surface area (Å²) in [4.78, 5) is 20.6. The highest BCUT2D eigenvalue weighted by atomic mass is 35.5. The molecular formula is C19H30ClN5O2.